The normalized spacial score (nSPS) is 15.9. The van der Waals surface area contributed by atoms with E-state index in [0.29, 0.717) is 11.0 Å². The van der Waals surface area contributed by atoms with Gasteiger partial charge in [-0.15, -0.1) is 0 Å². The lowest BCUT2D eigenvalue weighted by atomic mass is 10.1. The van der Waals surface area contributed by atoms with E-state index in [2.05, 4.69) is 41.9 Å². The lowest BCUT2D eigenvalue weighted by Crippen LogP contribution is -2.37. The van der Waals surface area contributed by atoms with Crippen LogP contribution in [-0.4, -0.2) is 27.4 Å². The van der Waals surface area contributed by atoms with Gasteiger partial charge in [0.05, 0.1) is 4.90 Å². The van der Waals surface area contributed by atoms with E-state index in [0.717, 1.165) is 30.2 Å². The number of amides is 1. The summed E-state index contributed by atoms with van der Waals surface area (Å²) in [5.41, 5.74) is 0. The van der Waals surface area contributed by atoms with Crippen LogP contribution in [0, 0.1) is 5.92 Å². The number of carbonyl (C=O) groups excluding carboxylic acids is 1. The Kier molecular flexibility index (Phi) is 6.43. The van der Waals surface area contributed by atoms with Crippen LogP contribution in [0.1, 0.15) is 25.7 Å². The van der Waals surface area contributed by atoms with Crippen molar-refractivity contribution < 1.29 is 13.2 Å². The predicted molar refractivity (Wildman–Crippen MR) is 92.0 cm³/mol. The largest absolute Gasteiger partial charge is 0.355 e. The van der Waals surface area contributed by atoms with Crippen molar-refractivity contribution in [3.05, 3.63) is 27.1 Å². The molecule has 1 fully saturated rings. The lowest BCUT2D eigenvalue weighted by molar-refractivity contribution is -0.124. The van der Waals surface area contributed by atoms with Gasteiger partial charge in [-0.25, -0.2) is 13.1 Å². The zero-order valence-corrected chi connectivity index (χ0v) is 15.9. The Morgan fingerprint density at radius 2 is 1.86 bits per heavy atom. The van der Waals surface area contributed by atoms with Gasteiger partial charge in [0.1, 0.15) is 0 Å². The van der Waals surface area contributed by atoms with E-state index < -0.39 is 10.0 Å². The average Bonchev–Trinajstić information content (AvgIpc) is 2.97. The quantitative estimate of drug-likeness (QED) is 0.650. The van der Waals surface area contributed by atoms with E-state index >= 15 is 0 Å². The fourth-order valence-electron chi connectivity index (χ4n) is 2.47. The van der Waals surface area contributed by atoms with E-state index in [4.69, 9.17) is 0 Å². The molecule has 1 amide bonds. The fourth-order valence-corrected chi connectivity index (χ4v) is 5.25. The molecule has 0 bridgehead atoms. The first-order valence-corrected chi connectivity index (χ1v) is 10.2. The van der Waals surface area contributed by atoms with E-state index in [1.165, 1.54) is 6.07 Å². The Morgan fingerprint density at radius 1 is 1.18 bits per heavy atom. The van der Waals surface area contributed by atoms with Gasteiger partial charge in [-0.2, -0.15) is 0 Å². The summed E-state index contributed by atoms with van der Waals surface area (Å²) in [6.45, 7) is 0.464. The highest BCUT2D eigenvalue weighted by atomic mass is 79.9. The van der Waals surface area contributed by atoms with Crippen molar-refractivity contribution >= 4 is 47.8 Å². The van der Waals surface area contributed by atoms with Crippen molar-refractivity contribution in [2.45, 2.75) is 30.6 Å². The SMILES string of the molecule is O=C(NCCNS(=O)(=O)c1ccc(Br)cc1Br)C1CCCC1. The van der Waals surface area contributed by atoms with Gasteiger partial charge in [0.2, 0.25) is 15.9 Å². The monoisotopic (exact) mass is 452 g/mol. The molecule has 1 aliphatic rings. The third-order valence-corrected chi connectivity index (χ3v) is 6.56. The average molecular weight is 454 g/mol. The second-order valence-corrected chi connectivity index (χ2v) is 8.75. The third-order valence-electron chi connectivity index (χ3n) is 3.63. The van der Waals surface area contributed by atoms with Gasteiger partial charge in [-0.1, -0.05) is 28.8 Å². The first kappa shape index (κ1) is 17.9. The van der Waals surface area contributed by atoms with Crippen LogP contribution in [0.5, 0.6) is 0 Å². The molecule has 0 atom stereocenters. The standard InChI is InChI=1S/C14H18Br2N2O3S/c15-11-5-6-13(12(16)9-11)22(20,21)18-8-7-17-14(19)10-3-1-2-4-10/h5-6,9-10,18H,1-4,7-8H2,(H,17,19). The Balaban J connectivity index is 1.83. The number of rotatable bonds is 6. The second-order valence-electron chi connectivity index (χ2n) is 5.24. The number of hydrogen-bond donors (Lipinski definition) is 2. The summed E-state index contributed by atoms with van der Waals surface area (Å²) in [6, 6.07) is 4.87. The highest BCUT2D eigenvalue weighted by molar-refractivity contribution is 9.11. The summed E-state index contributed by atoms with van der Waals surface area (Å²) >= 11 is 6.52. The van der Waals surface area contributed by atoms with Gasteiger partial charge in [-0.05, 0) is 47.0 Å². The van der Waals surface area contributed by atoms with Crippen molar-refractivity contribution in [1.29, 1.82) is 0 Å². The van der Waals surface area contributed by atoms with Crippen molar-refractivity contribution in [3.8, 4) is 0 Å². The predicted octanol–water partition coefficient (Wildman–Crippen LogP) is 2.80. The first-order chi connectivity index (χ1) is 10.4. The summed E-state index contributed by atoms with van der Waals surface area (Å²) in [6.07, 6.45) is 4.07. The molecule has 0 unspecified atom stereocenters. The molecule has 0 heterocycles. The van der Waals surface area contributed by atoms with Crippen LogP contribution in [0.2, 0.25) is 0 Å². The van der Waals surface area contributed by atoms with Gasteiger partial charge in [-0.3, -0.25) is 4.79 Å². The maximum atomic E-state index is 12.2. The Hall–Kier alpha value is -0.440. The highest BCUT2D eigenvalue weighted by Gasteiger charge is 2.22. The maximum absolute atomic E-state index is 12.2. The van der Waals surface area contributed by atoms with E-state index in [1.54, 1.807) is 12.1 Å². The molecule has 2 rings (SSSR count). The zero-order chi connectivity index (χ0) is 16.2. The number of hydrogen-bond acceptors (Lipinski definition) is 3. The second kappa shape index (κ2) is 7.90. The van der Waals surface area contributed by atoms with Crippen molar-refractivity contribution in [2.75, 3.05) is 13.1 Å². The van der Waals surface area contributed by atoms with Crippen LogP contribution in [-0.2, 0) is 14.8 Å². The molecule has 22 heavy (non-hydrogen) atoms. The number of halogens is 2. The minimum absolute atomic E-state index is 0.0292. The lowest BCUT2D eigenvalue weighted by Gasteiger charge is -2.12. The molecular weight excluding hydrogens is 436 g/mol. The van der Waals surface area contributed by atoms with E-state index in [9.17, 15) is 13.2 Å². The Morgan fingerprint density at radius 3 is 2.50 bits per heavy atom. The third kappa shape index (κ3) is 4.78. The molecule has 1 aromatic carbocycles. The molecule has 2 N–H and O–H groups in total. The smallest absolute Gasteiger partial charge is 0.241 e. The van der Waals surface area contributed by atoms with Gasteiger partial charge in [0, 0.05) is 28.0 Å². The summed E-state index contributed by atoms with van der Waals surface area (Å²) in [5, 5.41) is 2.79. The molecular formula is C14H18Br2N2O3S. The first-order valence-electron chi connectivity index (χ1n) is 7.12. The molecule has 0 saturated heterocycles. The molecule has 122 valence electrons. The number of carbonyl (C=O) groups is 1. The van der Waals surface area contributed by atoms with Crippen LogP contribution < -0.4 is 10.0 Å². The van der Waals surface area contributed by atoms with Gasteiger partial charge in [0.15, 0.2) is 0 Å². The molecule has 8 heteroatoms. The topological polar surface area (TPSA) is 75.3 Å². The van der Waals surface area contributed by atoms with Gasteiger partial charge < -0.3 is 5.32 Å². The Labute approximate surface area is 147 Å². The van der Waals surface area contributed by atoms with E-state index in [1.807, 2.05) is 0 Å². The number of benzene rings is 1. The van der Waals surface area contributed by atoms with Crippen LogP contribution in [0.15, 0.2) is 32.0 Å². The van der Waals surface area contributed by atoms with Crippen LogP contribution >= 0.6 is 31.9 Å². The molecule has 5 nitrogen and oxygen atoms in total. The molecule has 0 aliphatic heterocycles. The Bertz CT molecular complexity index is 643. The molecule has 1 aromatic rings. The molecule has 0 spiro atoms. The zero-order valence-electron chi connectivity index (χ0n) is 11.9. The van der Waals surface area contributed by atoms with Crippen LogP contribution in [0.4, 0.5) is 0 Å². The minimum Gasteiger partial charge on any atom is -0.355 e. The summed E-state index contributed by atoms with van der Waals surface area (Å²) < 4.78 is 28.2. The van der Waals surface area contributed by atoms with Crippen LogP contribution in [0.25, 0.3) is 0 Å². The molecule has 0 aromatic heterocycles. The highest BCUT2D eigenvalue weighted by Crippen LogP contribution is 2.26. The minimum atomic E-state index is -3.59. The molecule has 1 aliphatic carbocycles. The van der Waals surface area contributed by atoms with Gasteiger partial charge in [0.25, 0.3) is 0 Å². The number of nitrogens with one attached hydrogen (secondary N) is 2. The fraction of sp³-hybridized carbons (Fsp3) is 0.500. The van der Waals surface area contributed by atoms with Gasteiger partial charge >= 0.3 is 0 Å². The van der Waals surface area contributed by atoms with Crippen LogP contribution in [0.3, 0.4) is 0 Å². The summed E-state index contributed by atoms with van der Waals surface area (Å²) in [4.78, 5) is 12.0. The number of sulfonamides is 1. The van der Waals surface area contributed by atoms with Crippen molar-refractivity contribution in [3.63, 3.8) is 0 Å². The molecule has 0 radical (unpaired) electrons. The molecule has 1 saturated carbocycles. The van der Waals surface area contributed by atoms with Crippen molar-refractivity contribution in [2.24, 2.45) is 5.92 Å². The van der Waals surface area contributed by atoms with E-state index in [-0.39, 0.29) is 23.3 Å². The summed E-state index contributed by atoms with van der Waals surface area (Å²) in [5.74, 6) is 0.124. The summed E-state index contributed by atoms with van der Waals surface area (Å²) in [7, 11) is -3.59. The van der Waals surface area contributed by atoms with Crippen molar-refractivity contribution in [1.82, 2.24) is 10.0 Å². The maximum Gasteiger partial charge on any atom is 0.241 e.